The minimum Gasteiger partial charge on any atom is -0.484 e. The SMILES string of the molecule is CN(C)C(=O)COc1ccc(/C=C(\C#N)C(=O)NCc2cccnc2)cc1. The molecule has 138 valence electrons. The Bertz CT molecular complexity index is 853. The van der Waals surface area contributed by atoms with Crippen LogP contribution in [0.4, 0.5) is 0 Å². The third kappa shape index (κ3) is 6.29. The van der Waals surface area contributed by atoms with E-state index in [1.54, 1.807) is 56.8 Å². The van der Waals surface area contributed by atoms with Crippen molar-refractivity contribution in [3.8, 4) is 11.8 Å². The number of likely N-dealkylation sites (N-methyl/N-ethyl adjacent to an activating group) is 1. The van der Waals surface area contributed by atoms with Crippen LogP contribution in [0.25, 0.3) is 6.08 Å². The minimum absolute atomic E-state index is 0.00431. The number of nitriles is 1. The van der Waals surface area contributed by atoms with Crippen LogP contribution < -0.4 is 10.1 Å². The van der Waals surface area contributed by atoms with E-state index in [0.29, 0.717) is 17.9 Å². The smallest absolute Gasteiger partial charge is 0.262 e. The standard InChI is InChI=1S/C20H20N4O3/c1-24(2)19(25)14-27-18-7-5-15(6-8-18)10-17(11-21)20(26)23-13-16-4-3-9-22-12-16/h3-10,12H,13-14H2,1-2H3,(H,23,26)/b17-10+. The van der Waals surface area contributed by atoms with Crippen molar-refractivity contribution in [2.24, 2.45) is 0 Å². The summed E-state index contributed by atoms with van der Waals surface area (Å²) in [5, 5.41) is 11.9. The third-order valence-corrected chi connectivity index (χ3v) is 3.59. The number of amides is 2. The fraction of sp³-hybridized carbons (Fsp3) is 0.200. The van der Waals surface area contributed by atoms with E-state index in [1.807, 2.05) is 12.1 Å². The van der Waals surface area contributed by atoms with Crippen LogP contribution in [0.3, 0.4) is 0 Å². The van der Waals surface area contributed by atoms with Gasteiger partial charge < -0.3 is 15.0 Å². The number of carbonyl (C=O) groups excluding carboxylic acids is 2. The fourth-order valence-corrected chi connectivity index (χ4v) is 2.03. The molecule has 0 radical (unpaired) electrons. The predicted molar refractivity (Wildman–Crippen MR) is 100 cm³/mol. The molecule has 7 nitrogen and oxygen atoms in total. The molecule has 0 aliphatic carbocycles. The minimum atomic E-state index is -0.460. The molecular formula is C20H20N4O3. The zero-order valence-corrected chi connectivity index (χ0v) is 15.2. The lowest BCUT2D eigenvalue weighted by molar-refractivity contribution is -0.130. The molecule has 0 aliphatic rings. The molecule has 1 aromatic heterocycles. The molecule has 0 spiro atoms. The second-order valence-corrected chi connectivity index (χ2v) is 5.86. The Morgan fingerprint density at radius 2 is 2.00 bits per heavy atom. The number of hydrogen-bond acceptors (Lipinski definition) is 5. The van der Waals surface area contributed by atoms with E-state index < -0.39 is 5.91 Å². The van der Waals surface area contributed by atoms with Crippen molar-refractivity contribution in [1.29, 1.82) is 5.26 Å². The van der Waals surface area contributed by atoms with Crippen molar-refractivity contribution in [3.63, 3.8) is 0 Å². The van der Waals surface area contributed by atoms with Crippen molar-refractivity contribution in [2.75, 3.05) is 20.7 Å². The third-order valence-electron chi connectivity index (χ3n) is 3.59. The first-order valence-corrected chi connectivity index (χ1v) is 8.21. The maximum absolute atomic E-state index is 12.2. The maximum atomic E-state index is 12.2. The van der Waals surface area contributed by atoms with Crippen LogP contribution in [0.5, 0.6) is 5.75 Å². The summed E-state index contributed by atoms with van der Waals surface area (Å²) in [7, 11) is 3.31. The zero-order chi connectivity index (χ0) is 19.6. The fourth-order valence-electron chi connectivity index (χ4n) is 2.03. The van der Waals surface area contributed by atoms with Gasteiger partial charge in [-0.25, -0.2) is 0 Å². The Kier molecular flexibility index (Phi) is 7.08. The lowest BCUT2D eigenvalue weighted by atomic mass is 10.1. The summed E-state index contributed by atoms with van der Waals surface area (Å²) in [6, 6.07) is 12.3. The van der Waals surface area contributed by atoms with Gasteiger partial charge in [0.05, 0.1) is 0 Å². The molecule has 27 heavy (non-hydrogen) atoms. The molecule has 0 saturated heterocycles. The molecule has 0 aliphatic heterocycles. The van der Waals surface area contributed by atoms with Gasteiger partial charge in [-0.3, -0.25) is 14.6 Å². The van der Waals surface area contributed by atoms with Crippen LogP contribution in [0, 0.1) is 11.3 Å². The van der Waals surface area contributed by atoms with E-state index in [0.717, 1.165) is 5.56 Å². The van der Waals surface area contributed by atoms with Crippen LogP contribution >= 0.6 is 0 Å². The van der Waals surface area contributed by atoms with Crippen molar-refractivity contribution in [1.82, 2.24) is 15.2 Å². The van der Waals surface area contributed by atoms with E-state index in [9.17, 15) is 14.9 Å². The molecule has 0 unspecified atom stereocenters. The number of nitrogens with one attached hydrogen (secondary N) is 1. The Hall–Kier alpha value is -3.66. The highest BCUT2D eigenvalue weighted by atomic mass is 16.5. The lowest BCUT2D eigenvalue weighted by Crippen LogP contribution is -2.27. The first kappa shape index (κ1) is 19.7. The van der Waals surface area contributed by atoms with Crippen LogP contribution in [0.1, 0.15) is 11.1 Å². The quantitative estimate of drug-likeness (QED) is 0.597. The monoisotopic (exact) mass is 364 g/mol. The summed E-state index contributed by atoms with van der Waals surface area (Å²) < 4.78 is 5.39. The molecule has 0 fully saturated rings. The second-order valence-electron chi connectivity index (χ2n) is 5.86. The molecule has 2 aromatic rings. The van der Waals surface area contributed by atoms with Crippen LogP contribution in [-0.4, -0.2) is 42.4 Å². The van der Waals surface area contributed by atoms with E-state index in [-0.39, 0.29) is 18.1 Å². The Morgan fingerprint density at radius 1 is 1.26 bits per heavy atom. The molecule has 0 atom stereocenters. The molecule has 0 bridgehead atoms. The van der Waals surface area contributed by atoms with Crippen LogP contribution in [-0.2, 0) is 16.1 Å². The number of carbonyl (C=O) groups is 2. The Balaban J connectivity index is 1.97. The molecule has 2 amide bonds. The lowest BCUT2D eigenvalue weighted by Gasteiger charge is -2.11. The first-order chi connectivity index (χ1) is 13.0. The molecule has 7 heteroatoms. The average molecular weight is 364 g/mol. The van der Waals surface area contributed by atoms with Crippen LogP contribution in [0.15, 0.2) is 54.4 Å². The second kappa shape index (κ2) is 9.73. The molecular weight excluding hydrogens is 344 g/mol. The number of hydrogen-bond donors (Lipinski definition) is 1. The molecule has 1 aromatic carbocycles. The van der Waals surface area contributed by atoms with Gasteiger partial charge in [-0.15, -0.1) is 0 Å². The number of pyridine rings is 1. The summed E-state index contributed by atoms with van der Waals surface area (Å²) in [6.07, 6.45) is 4.79. The highest BCUT2D eigenvalue weighted by Crippen LogP contribution is 2.15. The van der Waals surface area contributed by atoms with E-state index in [4.69, 9.17) is 4.74 Å². The van der Waals surface area contributed by atoms with E-state index >= 15 is 0 Å². The zero-order valence-electron chi connectivity index (χ0n) is 15.2. The van der Waals surface area contributed by atoms with E-state index in [2.05, 4.69) is 10.3 Å². The molecule has 2 rings (SSSR count). The van der Waals surface area contributed by atoms with Crippen molar-refractivity contribution in [2.45, 2.75) is 6.54 Å². The predicted octanol–water partition coefficient (Wildman–Crippen LogP) is 1.77. The van der Waals surface area contributed by atoms with Gasteiger partial charge in [0, 0.05) is 33.0 Å². The van der Waals surface area contributed by atoms with Gasteiger partial charge in [0.2, 0.25) is 0 Å². The Morgan fingerprint density at radius 3 is 2.59 bits per heavy atom. The maximum Gasteiger partial charge on any atom is 0.262 e. The summed E-state index contributed by atoms with van der Waals surface area (Å²) in [4.78, 5) is 29.1. The number of nitrogens with zero attached hydrogens (tertiary/aromatic N) is 3. The summed E-state index contributed by atoms with van der Waals surface area (Å²) in [6.45, 7) is 0.237. The van der Waals surface area contributed by atoms with Gasteiger partial charge in [-0.05, 0) is 35.4 Å². The summed E-state index contributed by atoms with van der Waals surface area (Å²) >= 11 is 0. The van der Waals surface area contributed by atoms with E-state index in [1.165, 1.54) is 11.0 Å². The average Bonchev–Trinajstić information content (AvgIpc) is 2.70. The van der Waals surface area contributed by atoms with Crippen molar-refractivity contribution >= 4 is 17.9 Å². The number of benzene rings is 1. The first-order valence-electron chi connectivity index (χ1n) is 8.21. The van der Waals surface area contributed by atoms with Crippen molar-refractivity contribution < 1.29 is 14.3 Å². The van der Waals surface area contributed by atoms with Gasteiger partial charge in [-0.2, -0.15) is 5.26 Å². The van der Waals surface area contributed by atoms with Gasteiger partial charge in [0.1, 0.15) is 17.4 Å². The molecule has 0 saturated carbocycles. The highest BCUT2D eigenvalue weighted by Gasteiger charge is 2.09. The highest BCUT2D eigenvalue weighted by molar-refractivity contribution is 6.01. The van der Waals surface area contributed by atoms with Gasteiger partial charge in [-0.1, -0.05) is 18.2 Å². The van der Waals surface area contributed by atoms with Gasteiger partial charge in [0.15, 0.2) is 6.61 Å². The van der Waals surface area contributed by atoms with Gasteiger partial charge in [0.25, 0.3) is 11.8 Å². The summed E-state index contributed by atoms with van der Waals surface area (Å²) in [5.74, 6) is -0.0730. The Labute approximate surface area is 157 Å². The van der Waals surface area contributed by atoms with Gasteiger partial charge >= 0.3 is 0 Å². The summed E-state index contributed by atoms with van der Waals surface area (Å²) in [5.41, 5.74) is 1.52. The van der Waals surface area contributed by atoms with Crippen molar-refractivity contribution in [3.05, 3.63) is 65.5 Å². The topological polar surface area (TPSA) is 95.3 Å². The van der Waals surface area contributed by atoms with Crippen LogP contribution in [0.2, 0.25) is 0 Å². The largest absolute Gasteiger partial charge is 0.484 e. The number of rotatable bonds is 7. The number of ether oxygens (including phenoxy) is 1. The normalized spacial score (nSPS) is 10.6. The molecule has 1 N–H and O–H groups in total. The molecule has 1 heterocycles. The number of aromatic nitrogens is 1.